The summed E-state index contributed by atoms with van der Waals surface area (Å²) in [5.41, 5.74) is 1.33. The first-order valence-electron chi connectivity index (χ1n) is 8.91. The van der Waals surface area contributed by atoms with Gasteiger partial charge in [0.15, 0.2) is 0 Å². The third-order valence-corrected chi connectivity index (χ3v) is 9.67. The molecule has 1 fully saturated rings. The number of carbonyl (C=O) groups excluding carboxylic acids is 2. The molecule has 0 aromatic heterocycles. The number of nitrogens with zero attached hydrogens (tertiary/aromatic N) is 1. The second kappa shape index (κ2) is 8.13. The fourth-order valence-corrected chi connectivity index (χ4v) is 7.01. The van der Waals surface area contributed by atoms with E-state index < -0.39 is 11.2 Å². The van der Waals surface area contributed by atoms with E-state index in [0.29, 0.717) is 25.9 Å². The van der Waals surface area contributed by atoms with E-state index in [0.717, 1.165) is 14.8 Å². The van der Waals surface area contributed by atoms with Gasteiger partial charge in [-0.15, -0.1) is 0 Å². The quantitative estimate of drug-likeness (QED) is 0.511. The molecule has 0 bridgehead atoms. The zero-order valence-corrected chi connectivity index (χ0v) is 19.2. The van der Waals surface area contributed by atoms with E-state index in [1.54, 1.807) is 11.0 Å². The Hall–Kier alpha value is -1.43. The van der Waals surface area contributed by atoms with Crippen LogP contribution in [-0.2, 0) is 15.0 Å². The van der Waals surface area contributed by atoms with Gasteiger partial charge in [-0.2, -0.15) is 0 Å². The van der Waals surface area contributed by atoms with Crippen LogP contribution in [0.3, 0.4) is 0 Å². The second-order valence-electron chi connectivity index (χ2n) is 6.87. The van der Waals surface area contributed by atoms with Crippen molar-refractivity contribution in [1.82, 2.24) is 4.90 Å². The van der Waals surface area contributed by atoms with Crippen molar-refractivity contribution in [2.75, 3.05) is 25.0 Å². The summed E-state index contributed by atoms with van der Waals surface area (Å²) < 4.78 is 20.4. The Bertz CT molecular complexity index is 929. The maximum absolute atomic E-state index is 14.0. The Morgan fingerprint density at radius 3 is 2.71 bits per heavy atom. The van der Waals surface area contributed by atoms with Crippen molar-refractivity contribution >= 4 is 36.1 Å². The number of benzene rings is 2. The first kappa shape index (κ1) is 19.9. The van der Waals surface area contributed by atoms with Crippen molar-refractivity contribution in [3.05, 3.63) is 57.4 Å². The molecule has 4 rings (SSSR count). The summed E-state index contributed by atoms with van der Waals surface area (Å²) in [6, 6.07) is 12.6. The predicted molar refractivity (Wildman–Crippen MR) is 107 cm³/mol. The zero-order valence-electron chi connectivity index (χ0n) is 14.9. The Morgan fingerprint density at radius 1 is 1.21 bits per heavy atom. The molecular formula is C20H18FI2N2O3-. The number of para-hydroxylation sites is 2. The van der Waals surface area contributed by atoms with E-state index in [1.165, 1.54) is 6.07 Å². The van der Waals surface area contributed by atoms with E-state index in [2.05, 4.69) is 23.9 Å². The van der Waals surface area contributed by atoms with Crippen molar-refractivity contribution in [3.63, 3.8) is 0 Å². The van der Waals surface area contributed by atoms with Gasteiger partial charge in [0.25, 0.3) is 0 Å². The Balaban J connectivity index is 1.41. The summed E-state index contributed by atoms with van der Waals surface area (Å²) in [5.74, 6) is -0.407. The summed E-state index contributed by atoms with van der Waals surface area (Å²) in [7, 11) is 0. The molecule has 28 heavy (non-hydrogen) atoms. The normalized spacial score (nSPS) is 17.5. The standard InChI is InChI=1S/C20H18FI2N2O3/c21-14-5-3-6-15(23-22)18(14)28-12-17(26)25-10-8-20(9-11-25)13-4-1-2-7-16(13)24-19(20)27/h1-7H,8-12H2,(H,24,27)/q-1. The van der Waals surface area contributed by atoms with E-state index in [9.17, 15) is 14.0 Å². The molecule has 1 spiro atoms. The number of piperidine rings is 1. The van der Waals surface area contributed by atoms with E-state index in [4.69, 9.17) is 4.74 Å². The Morgan fingerprint density at radius 2 is 1.96 bits per heavy atom. The van der Waals surface area contributed by atoms with E-state index >= 15 is 0 Å². The fraction of sp³-hybridized carbons (Fsp3) is 0.300. The van der Waals surface area contributed by atoms with Gasteiger partial charge in [0.2, 0.25) is 0 Å². The molecule has 0 aliphatic carbocycles. The molecule has 2 heterocycles. The van der Waals surface area contributed by atoms with Crippen LogP contribution in [0.25, 0.3) is 0 Å². The molecule has 1 N–H and O–H groups in total. The molecule has 2 aliphatic rings. The van der Waals surface area contributed by atoms with Crippen molar-refractivity contribution in [2.24, 2.45) is 0 Å². The number of halogens is 3. The molecule has 2 amide bonds. The molecule has 2 aromatic carbocycles. The van der Waals surface area contributed by atoms with Crippen molar-refractivity contribution < 1.29 is 35.9 Å². The molecule has 1 saturated heterocycles. The number of ether oxygens (including phenoxy) is 1. The molecular weight excluding hydrogens is 589 g/mol. The molecule has 5 nitrogen and oxygen atoms in total. The van der Waals surface area contributed by atoms with Gasteiger partial charge < -0.3 is 0 Å². The van der Waals surface area contributed by atoms with Crippen LogP contribution < -0.4 is 27.3 Å². The predicted octanol–water partition coefficient (Wildman–Crippen LogP) is 0.326. The van der Waals surface area contributed by atoms with Crippen LogP contribution in [0.4, 0.5) is 10.1 Å². The van der Waals surface area contributed by atoms with Gasteiger partial charge in [0.1, 0.15) is 0 Å². The third-order valence-electron chi connectivity index (χ3n) is 5.43. The van der Waals surface area contributed by atoms with Gasteiger partial charge in [-0.1, -0.05) is 6.07 Å². The minimum atomic E-state index is -0.557. The Kier molecular flexibility index (Phi) is 5.77. The van der Waals surface area contributed by atoms with Crippen LogP contribution >= 0.6 is 18.6 Å². The van der Waals surface area contributed by atoms with Gasteiger partial charge in [-0.3, -0.25) is 0 Å². The Labute approximate surface area is 182 Å². The second-order valence-corrected chi connectivity index (χ2v) is 11.2. The molecule has 2 aliphatic heterocycles. The van der Waals surface area contributed by atoms with Crippen LogP contribution in [0.5, 0.6) is 5.75 Å². The number of rotatable bonds is 4. The summed E-state index contributed by atoms with van der Waals surface area (Å²) in [6.07, 6.45) is 1.15. The molecule has 0 atom stereocenters. The van der Waals surface area contributed by atoms with Gasteiger partial charge in [0.05, 0.1) is 0 Å². The number of hydrogen-bond acceptors (Lipinski definition) is 3. The van der Waals surface area contributed by atoms with Gasteiger partial charge in [-0.05, 0) is 0 Å². The SMILES string of the molecule is O=C(COc1c(F)cccc1[I-]I)N1CCC2(CC1)C(=O)Nc1ccccc12. The number of carbonyl (C=O) groups is 2. The molecule has 0 saturated carbocycles. The number of fused-ring (bicyclic) bond motifs is 2. The zero-order chi connectivity index (χ0) is 19.7. The summed E-state index contributed by atoms with van der Waals surface area (Å²) in [4.78, 5) is 26.9. The van der Waals surface area contributed by atoms with Crippen LogP contribution in [0.2, 0.25) is 0 Å². The van der Waals surface area contributed by atoms with Gasteiger partial charge in [0, 0.05) is 0 Å². The first-order valence-corrected chi connectivity index (χ1v) is 16.3. The maximum atomic E-state index is 14.0. The van der Waals surface area contributed by atoms with Crippen LogP contribution in [-0.4, -0.2) is 36.4 Å². The topological polar surface area (TPSA) is 58.6 Å². The van der Waals surface area contributed by atoms with Crippen molar-refractivity contribution in [3.8, 4) is 5.75 Å². The number of anilines is 1. The average Bonchev–Trinajstić information content (AvgIpc) is 2.98. The average molecular weight is 607 g/mol. The summed E-state index contributed by atoms with van der Waals surface area (Å²) in [5, 5.41) is 2.96. The van der Waals surface area contributed by atoms with Crippen LogP contribution in [0.1, 0.15) is 18.4 Å². The van der Waals surface area contributed by atoms with Crippen molar-refractivity contribution in [2.45, 2.75) is 18.3 Å². The first-order chi connectivity index (χ1) is 13.5. The molecule has 0 radical (unpaired) electrons. The minimum absolute atomic E-state index is 0.0130. The van der Waals surface area contributed by atoms with E-state index in [1.807, 2.05) is 30.3 Å². The van der Waals surface area contributed by atoms with Crippen LogP contribution in [0.15, 0.2) is 42.5 Å². The van der Waals surface area contributed by atoms with E-state index in [-0.39, 0.29) is 41.4 Å². The summed E-state index contributed by atoms with van der Waals surface area (Å²) in [6.45, 7) is 0.769. The number of hydrogen-bond donors (Lipinski definition) is 1. The van der Waals surface area contributed by atoms with Crippen molar-refractivity contribution in [1.29, 1.82) is 0 Å². The van der Waals surface area contributed by atoms with Gasteiger partial charge >= 0.3 is 177 Å². The van der Waals surface area contributed by atoms with Gasteiger partial charge in [-0.25, -0.2) is 0 Å². The number of likely N-dealkylation sites (tertiary alicyclic amines) is 1. The molecule has 0 unspecified atom stereocenters. The number of nitrogens with one attached hydrogen (secondary N) is 1. The monoisotopic (exact) mass is 607 g/mol. The summed E-state index contributed by atoms with van der Waals surface area (Å²) >= 11 is 1.86. The third kappa shape index (κ3) is 3.49. The fourth-order valence-electron chi connectivity index (χ4n) is 3.91. The molecule has 2 aromatic rings. The molecule has 148 valence electrons. The molecule has 8 heteroatoms. The number of amides is 2. The van der Waals surface area contributed by atoms with Crippen LogP contribution in [0, 0.1) is 9.39 Å².